The molecule has 61 heavy (non-hydrogen) atoms. The van der Waals surface area contributed by atoms with Gasteiger partial charge in [-0.1, -0.05) is 144 Å². The van der Waals surface area contributed by atoms with Gasteiger partial charge in [0.2, 0.25) is 0 Å². The first-order valence-corrected chi connectivity index (χ1v) is 27.9. The smallest absolute Gasteiger partial charge is 0.204 e. The van der Waals surface area contributed by atoms with Crippen molar-refractivity contribution in [2.75, 3.05) is 0 Å². The highest BCUT2D eigenvalue weighted by Gasteiger charge is 2.61. The first-order chi connectivity index (χ1) is 26.8. The lowest BCUT2D eigenvalue weighted by Crippen LogP contribution is -2.79. The molecule has 342 valence electrons. The second kappa shape index (κ2) is 15.6. The van der Waals surface area contributed by atoms with Crippen LogP contribution in [0.25, 0.3) is 0 Å². The molecule has 0 heterocycles. The van der Waals surface area contributed by atoms with E-state index in [0.717, 1.165) is 0 Å². The number of benzene rings is 3. The summed E-state index contributed by atoms with van der Waals surface area (Å²) in [7, 11) is -12.5. The molecule has 3 rings (SSSR count). The Morgan fingerprint density at radius 3 is 0.508 bits per heavy atom. The van der Waals surface area contributed by atoms with Crippen molar-refractivity contribution < 1.29 is 52.7 Å². The number of rotatable bonds is 6. The van der Waals surface area contributed by atoms with Crippen molar-refractivity contribution in [3.05, 3.63) is 69.8 Å². The molecule has 16 heteroatoms. The van der Waals surface area contributed by atoms with Crippen molar-refractivity contribution in [3.8, 4) is 0 Å². The fourth-order valence-electron chi connectivity index (χ4n) is 10.3. The van der Waals surface area contributed by atoms with E-state index in [4.69, 9.17) is 0 Å². The number of halogens is 12. The Morgan fingerprint density at radius 2 is 0.377 bits per heavy atom. The lowest BCUT2D eigenvalue weighted by Gasteiger charge is -2.53. The topological polar surface area (TPSA) is 0 Å². The van der Waals surface area contributed by atoms with Crippen LogP contribution < -0.4 is 31.9 Å². The van der Waals surface area contributed by atoms with Gasteiger partial charge in [0.1, 0.15) is 0 Å². The van der Waals surface area contributed by atoms with E-state index in [0.29, 0.717) is 0 Å². The van der Waals surface area contributed by atoms with E-state index < -0.39 is 163 Å². The molecule has 0 radical (unpaired) electrons. The van der Waals surface area contributed by atoms with Crippen LogP contribution in [0.4, 0.5) is 52.7 Å². The van der Waals surface area contributed by atoms with Crippen molar-refractivity contribution >= 4 is 62.9 Å². The third kappa shape index (κ3) is 7.53. The third-order valence-electron chi connectivity index (χ3n) is 15.3. The van der Waals surface area contributed by atoms with Crippen molar-refractivity contribution in [3.63, 3.8) is 0 Å². The zero-order valence-electron chi connectivity index (χ0n) is 39.6. The summed E-state index contributed by atoms with van der Waals surface area (Å²) >= 11 is 0. The summed E-state index contributed by atoms with van der Waals surface area (Å²) in [6, 6.07) is 0. The summed E-state index contributed by atoms with van der Waals surface area (Å²) in [5.74, 6) is -27.2. The lowest BCUT2D eigenvalue weighted by atomic mass is 9.36. The van der Waals surface area contributed by atoms with E-state index >= 15 is 52.7 Å². The molecule has 0 saturated heterocycles. The Labute approximate surface area is 358 Å². The Hall–Kier alpha value is -2.46. The van der Waals surface area contributed by atoms with Crippen LogP contribution in [0.5, 0.6) is 0 Å². The summed E-state index contributed by atoms with van der Waals surface area (Å²) in [5.41, 5.74) is -4.15. The van der Waals surface area contributed by atoms with Gasteiger partial charge in [-0.2, -0.15) is 0 Å². The van der Waals surface area contributed by atoms with Gasteiger partial charge in [-0.25, -0.2) is 52.7 Å². The van der Waals surface area contributed by atoms with Crippen molar-refractivity contribution in [1.82, 2.24) is 0 Å². The standard InChI is InChI=1S/C45H63BF12Si3/c1-40(2,3)59(19,41(4,5)6)37-22(25(47)28(50)31(53)34(37)56)46(23-26(48)29(51)32(54)35(57)38(23)60(20,42(7,8)9)43(10,11)12)24-27(49)30(52)33(55)36(58)39(24)61(21,44(13,14)15)45(16,17)18/h1-21H3. The van der Waals surface area contributed by atoms with E-state index in [9.17, 15) is 0 Å². The molecular formula is C45H63BF12Si3. The van der Waals surface area contributed by atoms with Crippen LogP contribution in [0, 0.1) is 69.8 Å². The van der Waals surface area contributed by atoms with Gasteiger partial charge in [0.25, 0.3) is 6.71 Å². The molecule has 0 N–H and O–H groups in total. The molecule has 0 aliphatic carbocycles. The predicted octanol–water partition coefficient (Wildman–Crippen LogP) is 12.5. The first kappa shape index (κ1) is 52.9. The lowest BCUT2D eigenvalue weighted by molar-refractivity contribution is 0.412. The maximum Gasteiger partial charge on any atom is 0.253 e. The molecule has 0 aromatic heterocycles. The molecule has 3 aromatic rings. The Balaban J connectivity index is 3.33. The quantitative estimate of drug-likeness (QED) is 0.100. The average Bonchev–Trinajstić information content (AvgIpc) is 3.07. The summed E-state index contributed by atoms with van der Waals surface area (Å²) in [4.78, 5) is 0. The molecule has 0 nitrogen and oxygen atoms in total. The van der Waals surface area contributed by atoms with Gasteiger partial charge in [-0.05, 0) is 62.2 Å². The Bertz CT molecular complexity index is 1950. The van der Waals surface area contributed by atoms with Crippen LogP contribution in [0.2, 0.25) is 49.9 Å². The molecule has 0 atom stereocenters. The normalized spacial score (nSPS) is 14.3. The maximum atomic E-state index is 17.7. The van der Waals surface area contributed by atoms with Crippen LogP contribution in [0.1, 0.15) is 125 Å². The largest absolute Gasteiger partial charge is 0.253 e. The second-order valence-electron chi connectivity index (χ2n) is 23.4. The highest BCUT2D eigenvalue weighted by Crippen LogP contribution is 2.54. The fraction of sp³-hybridized carbons (Fsp3) is 0.600. The Morgan fingerprint density at radius 1 is 0.246 bits per heavy atom. The van der Waals surface area contributed by atoms with Crippen molar-refractivity contribution in [2.45, 2.75) is 174 Å². The molecule has 0 fully saturated rings. The molecule has 0 spiro atoms. The highest BCUT2D eigenvalue weighted by molar-refractivity contribution is 7.10. The molecule has 0 aliphatic heterocycles. The van der Waals surface area contributed by atoms with Gasteiger partial charge in [-0.15, -0.1) is 0 Å². The van der Waals surface area contributed by atoms with Crippen LogP contribution in [0.15, 0.2) is 0 Å². The molecule has 0 unspecified atom stereocenters. The zero-order chi connectivity index (χ0) is 48.5. The van der Waals surface area contributed by atoms with E-state index in [1.165, 1.54) is 19.6 Å². The molecule has 0 saturated carbocycles. The number of hydrogen-bond acceptors (Lipinski definition) is 0. The maximum absolute atomic E-state index is 17.7. The second-order valence-corrected chi connectivity index (χ2v) is 40.7. The minimum Gasteiger partial charge on any atom is -0.204 e. The van der Waals surface area contributed by atoms with Gasteiger partial charge >= 0.3 is 0 Å². The van der Waals surface area contributed by atoms with Gasteiger partial charge in [-0.3, -0.25) is 0 Å². The number of hydrogen-bond donors (Lipinski definition) is 0. The third-order valence-corrected chi connectivity index (χ3v) is 37.7. The van der Waals surface area contributed by atoms with Gasteiger partial charge in [0, 0.05) is 0 Å². The first-order valence-electron chi connectivity index (χ1n) is 20.4. The fourth-order valence-corrected chi connectivity index (χ4v) is 25.6. The van der Waals surface area contributed by atoms with Crippen LogP contribution in [-0.2, 0) is 0 Å². The Kier molecular flexibility index (Phi) is 13.5. The summed E-state index contributed by atoms with van der Waals surface area (Å²) in [5, 5.41) is -9.92. The molecule has 0 bridgehead atoms. The monoisotopic (exact) mass is 926 g/mol. The summed E-state index contributed by atoms with van der Waals surface area (Å²) in [6.45, 7) is 30.2. The summed E-state index contributed by atoms with van der Waals surface area (Å²) < 4.78 is 202. The van der Waals surface area contributed by atoms with Gasteiger partial charge in [0.15, 0.2) is 69.8 Å². The molecular weight excluding hydrogens is 864 g/mol. The molecule has 0 amide bonds. The molecule has 3 aromatic carbocycles. The van der Waals surface area contributed by atoms with Crippen molar-refractivity contribution in [1.29, 1.82) is 0 Å². The van der Waals surface area contributed by atoms with Gasteiger partial charge in [0.05, 0.1) is 24.2 Å². The van der Waals surface area contributed by atoms with Crippen molar-refractivity contribution in [2.24, 2.45) is 0 Å². The predicted molar refractivity (Wildman–Crippen MR) is 236 cm³/mol. The molecule has 0 aliphatic rings. The van der Waals surface area contributed by atoms with Crippen LogP contribution in [-0.4, -0.2) is 30.9 Å². The minimum atomic E-state index is -4.18. The highest BCUT2D eigenvalue weighted by atomic mass is 28.3. The SMILES string of the molecule is CC(C)(C)[Si](C)(c1c(F)c(F)c(F)c(F)c1B(c1c(F)c(F)c(F)c(F)c1[Si](C)(C(C)(C)C)C(C)(C)C)c1c(F)c(F)c(F)c(F)c1[Si](C)(C(C)(C)C)C(C)(C)C)C(C)(C)C. The van der Waals surface area contributed by atoms with E-state index in [2.05, 4.69) is 0 Å². The summed E-state index contributed by atoms with van der Waals surface area (Å²) in [6.07, 6.45) is 0. The minimum absolute atomic E-state index is 0.926. The van der Waals surface area contributed by atoms with Crippen LogP contribution >= 0.6 is 0 Å². The average molecular weight is 927 g/mol. The van der Waals surface area contributed by atoms with Crippen LogP contribution in [0.3, 0.4) is 0 Å². The van der Waals surface area contributed by atoms with E-state index in [1.54, 1.807) is 125 Å². The van der Waals surface area contributed by atoms with E-state index in [-0.39, 0.29) is 0 Å². The van der Waals surface area contributed by atoms with Gasteiger partial charge < -0.3 is 0 Å². The zero-order valence-corrected chi connectivity index (χ0v) is 42.6. The van der Waals surface area contributed by atoms with E-state index in [1.807, 2.05) is 0 Å².